The van der Waals surface area contributed by atoms with Crippen molar-refractivity contribution in [2.75, 3.05) is 26.8 Å². The summed E-state index contributed by atoms with van der Waals surface area (Å²) in [4.78, 5) is 0. The molecule has 0 aliphatic heterocycles. The molecular weight excluding hydrogens is 336 g/mol. The Kier molecular flexibility index (Phi) is 31.8. The minimum atomic E-state index is 0.330. The second-order valence-electron chi connectivity index (χ2n) is 6.62. The highest BCUT2D eigenvalue weighted by Crippen LogP contribution is 2.09. The Balaban J connectivity index is 0. The van der Waals surface area contributed by atoms with E-state index in [0.717, 1.165) is 0 Å². The smallest absolute Gasteiger partial charge is 0.149 e. The van der Waals surface area contributed by atoms with E-state index in [9.17, 15) is 0 Å². The molecule has 0 aliphatic carbocycles. The highest BCUT2D eigenvalue weighted by atomic mass is 16.7. The van der Waals surface area contributed by atoms with E-state index in [1.807, 2.05) is 13.8 Å². The Morgan fingerprint density at radius 1 is 0.481 bits per heavy atom. The van der Waals surface area contributed by atoms with Crippen LogP contribution in [0.25, 0.3) is 0 Å². The van der Waals surface area contributed by atoms with Gasteiger partial charge in [-0.05, 0) is 52.4 Å². The van der Waals surface area contributed by atoms with Gasteiger partial charge in [-0.2, -0.15) is 0 Å². The van der Waals surface area contributed by atoms with Crippen molar-refractivity contribution in [1.82, 2.24) is 0 Å². The van der Waals surface area contributed by atoms with Gasteiger partial charge < -0.3 is 14.2 Å². The fourth-order valence-electron chi connectivity index (χ4n) is 2.39. The van der Waals surface area contributed by atoms with Crippen LogP contribution in [0, 0.1) is 0 Å². The molecule has 0 fully saturated rings. The lowest BCUT2D eigenvalue weighted by molar-refractivity contribution is -0.126. The van der Waals surface area contributed by atoms with Crippen molar-refractivity contribution in [3.63, 3.8) is 0 Å². The Morgan fingerprint density at radius 2 is 0.926 bits per heavy atom. The monoisotopic (exact) mass is 384 g/mol. The predicted molar refractivity (Wildman–Crippen MR) is 119 cm³/mol. The Hall–Kier alpha value is -0.640. The second-order valence-corrected chi connectivity index (χ2v) is 6.62. The lowest BCUT2D eigenvalue weighted by atomic mass is 10.1. The molecule has 0 aliphatic rings. The van der Waals surface area contributed by atoms with Gasteiger partial charge >= 0.3 is 0 Å². The number of rotatable bonds is 19. The van der Waals surface area contributed by atoms with Crippen molar-refractivity contribution in [3.8, 4) is 0 Å². The van der Waals surface area contributed by atoms with E-state index in [2.05, 4.69) is 38.2 Å². The summed E-state index contributed by atoms with van der Waals surface area (Å²) in [6.45, 7) is 10.3. The number of hydrogen-bond acceptors (Lipinski definition) is 3. The maximum atomic E-state index is 4.88. The van der Waals surface area contributed by atoms with Crippen LogP contribution < -0.4 is 0 Å². The minimum Gasteiger partial charge on any atom is -0.356 e. The molecule has 0 saturated carbocycles. The molecule has 3 heteroatoms. The summed E-state index contributed by atoms with van der Waals surface area (Å²) in [7, 11) is 0. The molecule has 3 nitrogen and oxygen atoms in total. The summed E-state index contributed by atoms with van der Waals surface area (Å²) >= 11 is 0. The second kappa shape index (κ2) is 30.1. The molecule has 0 aromatic heterocycles. The first-order chi connectivity index (χ1) is 13.3. The van der Waals surface area contributed by atoms with E-state index in [1.165, 1.54) is 77.0 Å². The van der Waals surface area contributed by atoms with Crippen LogP contribution in [-0.4, -0.2) is 26.8 Å². The van der Waals surface area contributed by atoms with Crippen molar-refractivity contribution in [3.05, 3.63) is 24.3 Å². The van der Waals surface area contributed by atoms with Crippen LogP contribution in [0.1, 0.15) is 105 Å². The van der Waals surface area contributed by atoms with E-state index in [4.69, 9.17) is 14.2 Å². The summed E-state index contributed by atoms with van der Waals surface area (Å²) in [5.41, 5.74) is 0. The van der Waals surface area contributed by atoms with E-state index >= 15 is 0 Å². The van der Waals surface area contributed by atoms with Gasteiger partial charge in [0.15, 0.2) is 0 Å². The van der Waals surface area contributed by atoms with Crippen LogP contribution in [0.15, 0.2) is 24.3 Å². The molecule has 0 atom stereocenters. The fourth-order valence-corrected chi connectivity index (χ4v) is 2.39. The molecule has 0 spiro atoms. The molecular formula is C24H48O3. The van der Waals surface area contributed by atoms with Gasteiger partial charge in [0.05, 0.1) is 0 Å². The number of hydrogen-bond donors (Lipinski definition) is 0. The van der Waals surface area contributed by atoms with Crippen molar-refractivity contribution < 1.29 is 14.2 Å². The molecule has 0 heterocycles. The van der Waals surface area contributed by atoms with Gasteiger partial charge in [0.2, 0.25) is 0 Å². The Bertz CT molecular complexity index is 281. The third-order valence-electron chi connectivity index (χ3n) is 4.03. The quantitative estimate of drug-likeness (QED) is 0.129. The molecule has 0 radical (unpaired) electrons. The molecule has 0 amide bonds. The highest BCUT2D eigenvalue weighted by molar-refractivity contribution is 4.81. The lowest BCUT2D eigenvalue weighted by Crippen LogP contribution is -2.03. The van der Waals surface area contributed by atoms with E-state index in [-0.39, 0.29) is 0 Å². The van der Waals surface area contributed by atoms with Gasteiger partial charge in [-0.15, -0.1) is 0 Å². The average Bonchev–Trinajstić information content (AvgIpc) is 2.69. The normalized spacial score (nSPS) is 11.3. The summed E-state index contributed by atoms with van der Waals surface area (Å²) in [5, 5.41) is 0. The zero-order valence-corrected chi connectivity index (χ0v) is 18.8. The van der Waals surface area contributed by atoms with Gasteiger partial charge in [0.25, 0.3) is 0 Å². The van der Waals surface area contributed by atoms with Gasteiger partial charge in [0, 0.05) is 13.2 Å². The number of allylic oxidation sites excluding steroid dienone is 4. The van der Waals surface area contributed by atoms with E-state index < -0.39 is 0 Å². The summed E-state index contributed by atoms with van der Waals surface area (Å²) in [6.07, 6.45) is 25.5. The molecule has 0 saturated heterocycles. The minimum absolute atomic E-state index is 0.330. The summed E-state index contributed by atoms with van der Waals surface area (Å²) < 4.78 is 14.6. The Labute approximate surface area is 170 Å². The number of ether oxygens (including phenoxy) is 3. The molecule has 27 heavy (non-hydrogen) atoms. The van der Waals surface area contributed by atoms with Crippen molar-refractivity contribution >= 4 is 0 Å². The lowest BCUT2D eigenvalue weighted by Gasteiger charge is -2.02. The first kappa shape index (κ1) is 28.6. The van der Waals surface area contributed by atoms with Crippen LogP contribution in [0.4, 0.5) is 0 Å². The summed E-state index contributed by atoms with van der Waals surface area (Å²) in [6, 6.07) is 0. The van der Waals surface area contributed by atoms with Crippen LogP contribution in [0.5, 0.6) is 0 Å². The maximum absolute atomic E-state index is 4.88. The van der Waals surface area contributed by atoms with E-state index in [1.54, 1.807) is 0 Å². The average molecular weight is 385 g/mol. The zero-order chi connectivity index (χ0) is 20.3. The van der Waals surface area contributed by atoms with Crippen LogP contribution in [0.2, 0.25) is 0 Å². The molecule has 0 rings (SSSR count). The Morgan fingerprint density at radius 3 is 1.37 bits per heavy atom. The maximum Gasteiger partial charge on any atom is 0.149 e. The first-order valence-electron chi connectivity index (χ1n) is 11.4. The molecule has 0 bridgehead atoms. The molecule has 0 N–H and O–H groups in total. The third-order valence-corrected chi connectivity index (χ3v) is 4.03. The van der Waals surface area contributed by atoms with Gasteiger partial charge in [0.1, 0.15) is 13.6 Å². The van der Waals surface area contributed by atoms with Gasteiger partial charge in [-0.3, -0.25) is 0 Å². The zero-order valence-electron chi connectivity index (χ0n) is 18.8. The van der Waals surface area contributed by atoms with Gasteiger partial charge in [-0.1, -0.05) is 76.7 Å². The predicted octanol–water partition coefficient (Wildman–Crippen LogP) is 7.81. The highest BCUT2D eigenvalue weighted by Gasteiger charge is 1.90. The SMILES string of the molecule is CC/C=C\CCCCCCCC/C=C\CCCC.CCOCOCOCC. The standard InChI is InChI=1S/C18H34.C6H14O3/c1-3-5-7-9-11-13-15-17-18-16-14-12-10-8-6-4-2;1-3-7-5-9-6-8-4-2/h5,7,10,12H,3-4,6,8-9,11,13-18H2,1-2H3;3-6H2,1-2H3/b7-5-,12-10-;. The largest absolute Gasteiger partial charge is 0.356 e. The molecule has 0 aromatic rings. The topological polar surface area (TPSA) is 27.7 Å². The molecule has 162 valence electrons. The van der Waals surface area contributed by atoms with Crippen LogP contribution in [-0.2, 0) is 14.2 Å². The van der Waals surface area contributed by atoms with Crippen molar-refractivity contribution in [1.29, 1.82) is 0 Å². The molecule has 0 unspecified atom stereocenters. The third kappa shape index (κ3) is 33.4. The first-order valence-corrected chi connectivity index (χ1v) is 11.4. The number of unbranched alkanes of at least 4 members (excludes halogenated alkanes) is 9. The van der Waals surface area contributed by atoms with Crippen LogP contribution >= 0.6 is 0 Å². The van der Waals surface area contributed by atoms with Crippen molar-refractivity contribution in [2.45, 2.75) is 105 Å². The molecule has 0 aromatic carbocycles. The van der Waals surface area contributed by atoms with Gasteiger partial charge in [-0.25, -0.2) is 0 Å². The summed E-state index contributed by atoms with van der Waals surface area (Å²) in [5.74, 6) is 0. The fraction of sp³-hybridized carbons (Fsp3) is 0.833. The van der Waals surface area contributed by atoms with E-state index in [0.29, 0.717) is 26.8 Å². The van der Waals surface area contributed by atoms with Crippen molar-refractivity contribution in [2.24, 2.45) is 0 Å². The van der Waals surface area contributed by atoms with Crippen LogP contribution in [0.3, 0.4) is 0 Å².